The molecule has 0 spiro atoms. The highest BCUT2D eigenvalue weighted by Gasteiger charge is 2.29. The van der Waals surface area contributed by atoms with Crippen molar-refractivity contribution in [1.82, 2.24) is 0 Å². The molecule has 0 radical (unpaired) electrons. The van der Waals surface area contributed by atoms with Crippen LogP contribution < -0.4 is 5.14 Å². The maximum Gasteiger partial charge on any atom is 0.238 e. The van der Waals surface area contributed by atoms with Gasteiger partial charge < -0.3 is 5.11 Å². The summed E-state index contributed by atoms with van der Waals surface area (Å²) in [7, 11) is -3.76. The quantitative estimate of drug-likeness (QED) is 0.860. The molecule has 5 heteroatoms. The van der Waals surface area contributed by atoms with E-state index in [1.54, 1.807) is 18.2 Å². The van der Waals surface area contributed by atoms with E-state index in [0.717, 1.165) is 0 Å². The van der Waals surface area contributed by atoms with Gasteiger partial charge >= 0.3 is 0 Å². The van der Waals surface area contributed by atoms with E-state index in [-0.39, 0.29) is 22.8 Å². The molecule has 0 amide bonds. The second-order valence-corrected chi connectivity index (χ2v) is 6.71. The van der Waals surface area contributed by atoms with Gasteiger partial charge in [0, 0.05) is 5.92 Å². The van der Waals surface area contributed by atoms with Crippen LogP contribution in [-0.2, 0) is 10.0 Å². The Morgan fingerprint density at radius 2 is 1.82 bits per heavy atom. The predicted molar refractivity (Wildman–Crippen MR) is 67.1 cm³/mol. The van der Waals surface area contributed by atoms with E-state index < -0.39 is 10.0 Å². The molecule has 0 aliphatic rings. The van der Waals surface area contributed by atoms with Gasteiger partial charge in [0.15, 0.2) is 0 Å². The van der Waals surface area contributed by atoms with Crippen LogP contribution >= 0.6 is 0 Å². The Hall–Kier alpha value is -0.910. The summed E-state index contributed by atoms with van der Waals surface area (Å²) in [4.78, 5) is 0.0916. The van der Waals surface area contributed by atoms with Gasteiger partial charge in [0.1, 0.15) is 0 Å². The number of hydrogen-bond acceptors (Lipinski definition) is 3. The lowest BCUT2D eigenvalue weighted by Gasteiger charge is -2.30. The molecule has 0 aromatic heterocycles. The minimum atomic E-state index is -3.76. The van der Waals surface area contributed by atoms with Gasteiger partial charge in [-0.3, -0.25) is 0 Å². The standard InChI is InChI=1S/C12H19NO3S/c1-12(2,3)10(8-14)9-6-4-5-7-11(9)17(13,15)16/h4-7,10,14H,8H2,1-3H3,(H2,13,15,16)/t10-/m1/s1. The van der Waals surface area contributed by atoms with Crippen molar-refractivity contribution in [3.05, 3.63) is 29.8 Å². The van der Waals surface area contributed by atoms with Gasteiger partial charge in [-0.1, -0.05) is 39.0 Å². The van der Waals surface area contributed by atoms with Gasteiger partial charge in [-0.05, 0) is 17.0 Å². The molecule has 0 heterocycles. The monoisotopic (exact) mass is 257 g/mol. The lowest BCUT2D eigenvalue weighted by atomic mass is 9.77. The number of benzene rings is 1. The van der Waals surface area contributed by atoms with Crippen LogP contribution in [0.15, 0.2) is 29.2 Å². The number of hydrogen-bond donors (Lipinski definition) is 2. The molecule has 0 aliphatic carbocycles. The summed E-state index contributed by atoms with van der Waals surface area (Å²) < 4.78 is 23.0. The molecule has 17 heavy (non-hydrogen) atoms. The predicted octanol–water partition coefficient (Wildman–Crippen LogP) is 1.46. The van der Waals surface area contributed by atoms with Crippen molar-refractivity contribution >= 4 is 10.0 Å². The van der Waals surface area contributed by atoms with Crippen molar-refractivity contribution in [1.29, 1.82) is 0 Å². The molecule has 0 saturated carbocycles. The van der Waals surface area contributed by atoms with Crippen LogP contribution in [0.5, 0.6) is 0 Å². The van der Waals surface area contributed by atoms with E-state index in [2.05, 4.69) is 0 Å². The first-order chi connectivity index (χ1) is 7.68. The molecule has 0 saturated heterocycles. The third-order valence-electron chi connectivity index (χ3n) is 2.83. The summed E-state index contributed by atoms with van der Waals surface area (Å²) in [6.45, 7) is 5.74. The minimum absolute atomic E-state index is 0.0916. The van der Waals surface area contributed by atoms with Crippen molar-refractivity contribution in [2.24, 2.45) is 10.6 Å². The van der Waals surface area contributed by atoms with Crippen LogP contribution in [0.3, 0.4) is 0 Å². The van der Waals surface area contributed by atoms with Crippen LogP contribution in [0, 0.1) is 5.41 Å². The van der Waals surface area contributed by atoms with Crippen molar-refractivity contribution in [3.63, 3.8) is 0 Å². The Morgan fingerprint density at radius 1 is 1.29 bits per heavy atom. The topological polar surface area (TPSA) is 80.4 Å². The van der Waals surface area contributed by atoms with Crippen molar-refractivity contribution in [3.8, 4) is 0 Å². The molecule has 1 aromatic rings. The zero-order chi connectivity index (χ0) is 13.3. The molecule has 3 N–H and O–H groups in total. The van der Waals surface area contributed by atoms with E-state index in [1.165, 1.54) is 6.07 Å². The largest absolute Gasteiger partial charge is 0.396 e. The zero-order valence-corrected chi connectivity index (χ0v) is 11.2. The summed E-state index contributed by atoms with van der Waals surface area (Å²) in [5.41, 5.74) is 0.334. The Labute approximate surface area is 103 Å². The summed E-state index contributed by atoms with van der Waals surface area (Å²) in [5.74, 6) is -0.267. The normalized spacial score (nSPS) is 14.6. The molecule has 1 aromatic carbocycles. The van der Waals surface area contributed by atoms with Crippen molar-refractivity contribution in [2.75, 3.05) is 6.61 Å². The molecular formula is C12H19NO3S. The SMILES string of the molecule is CC(C)(C)[C@H](CO)c1ccccc1S(N)(=O)=O. The van der Waals surface area contributed by atoms with E-state index >= 15 is 0 Å². The van der Waals surface area contributed by atoms with E-state index in [0.29, 0.717) is 5.56 Å². The number of aliphatic hydroxyl groups excluding tert-OH is 1. The number of nitrogens with two attached hydrogens (primary N) is 1. The Kier molecular flexibility index (Phi) is 3.96. The second kappa shape index (κ2) is 4.76. The number of sulfonamides is 1. The van der Waals surface area contributed by atoms with E-state index in [9.17, 15) is 13.5 Å². The Morgan fingerprint density at radius 3 is 2.24 bits per heavy atom. The fourth-order valence-corrected chi connectivity index (χ4v) is 2.67. The first kappa shape index (κ1) is 14.2. The smallest absolute Gasteiger partial charge is 0.238 e. The van der Waals surface area contributed by atoms with Gasteiger partial charge in [-0.2, -0.15) is 0 Å². The maximum absolute atomic E-state index is 11.5. The third kappa shape index (κ3) is 3.28. The van der Waals surface area contributed by atoms with Gasteiger partial charge in [-0.25, -0.2) is 13.6 Å². The number of aliphatic hydroxyl groups is 1. The number of rotatable bonds is 3. The fourth-order valence-electron chi connectivity index (χ4n) is 1.87. The third-order valence-corrected chi connectivity index (χ3v) is 3.81. The van der Waals surface area contributed by atoms with Crippen LogP contribution in [-0.4, -0.2) is 20.1 Å². The summed E-state index contributed by atoms with van der Waals surface area (Å²) in [6, 6.07) is 6.55. The van der Waals surface area contributed by atoms with Gasteiger partial charge in [0.2, 0.25) is 10.0 Å². The van der Waals surface area contributed by atoms with Crippen LogP contribution in [0.1, 0.15) is 32.3 Å². The van der Waals surface area contributed by atoms with Gasteiger partial charge in [0.25, 0.3) is 0 Å². The average Bonchev–Trinajstić information content (AvgIpc) is 2.15. The van der Waals surface area contributed by atoms with Crippen LogP contribution in [0.4, 0.5) is 0 Å². The molecule has 96 valence electrons. The highest BCUT2D eigenvalue weighted by atomic mass is 32.2. The molecule has 1 rings (SSSR count). The molecule has 0 bridgehead atoms. The average molecular weight is 257 g/mol. The van der Waals surface area contributed by atoms with Crippen LogP contribution in [0.2, 0.25) is 0 Å². The highest BCUT2D eigenvalue weighted by Crippen LogP contribution is 2.37. The minimum Gasteiger partial charge on any atom is -0.396 e. The summed E-state index contributed by atoms with van der Waals surface area (Å²) in [5, 5.41) is 14.7. The van der Waals surface area contributed by atoms with Gasteiger partial charge in [0.05, 0.1) is 11.5 Å². The lowest BCUT2D eigenvalue weighted by molar-refractivity contribution is 0.185. The van der Waals surface area contributed by atoms with Crippen molar-refractivity contribution in [2.45, 2.75) is 31.6 Å². The molecule has 0 unspecified atom stereocenters. The molecule has 4 nitrogen and oxygen atoms in total. The zero-order valence-electron chi connectivity index (χ0n) is 10.3. The first-order valence-corrected chi connectivity index (χ1v) is 6.95. The molecule has 0 fully saturated rings. The first-order valence-electron chi connectivity index (χ1n) is 5.40. The fraction of sp³-hybridized carbons (Fsp3) is 0.500. The molecule has 0 aliphatic heterocycles. The van der Waals surface area contributed by atoms with Crippen molar-refractivity contribution < 1.29 is 13.5 Å². The van der Waals surface area contributed by atoms with E-state index in [4.69, 9.17) is 5.14 Å². The summed E-state index contributed by atoms with van der Waals surface area (Å²) >= 11 is 0. The van der Waals surface area contributed by atoms with Gasteiger partial charge in [-0.15, -0.1) is 0 Å². The summed E-state index contributed by atoms with van der Waals surface area (Å²) in [6.07, 6.45) is 0. The molecule has 1 atom stereocenters. The second-order valence-electron chi connectivity index (χ2n) is 5.18. The Bertz CT molecular complexity index is 489. The highest BCUT2D eigenvalue weighted by molar-refractivity contribution is 7.89. The number of primary sulfonamides is 1. The van der Waals surface area contributed by atoms with E-state index in [1.807, 2.05) is 20.8 Å². The lowest BCUT2D eigenvalue weighted by Crippen LogP contribution is -2.25. The Balaban J connectivity index is 3.41. The maximum atomic E-state index is 11.5. The molecular weight excluding hydrogens is 238 g/mol. The van der Waals surface area contributed by atoms with Crippen LogP contribution in [0.25, 0.3) is 0 Å².